The van der Waals surface area contributed by atoms with Gasteiger partial charge in [-0.3, -0.25) is 4.68 Å². The van der Waals surface area contributed by atoms with Crippen LogP contribution in [0.2, 0.25) is 0 Å². The van der Waals surface area contributed by atoms with Gasteiger partial charge in [-0.15, -0.1) is 10.2 Å². The number of nitrogens with zero attached hydrogens (tertiary/aromatic N) is 4. The molecule has 2 heterocycles. The second-order valence-electron chi connectivity index (χ2n) is 3.65. The first-order valence-electron chi connectivity index (χ1n) is 5.22. The summed E-state index contributed by atoms with van der Waals surface area (Å²) in [5.41, 5.74) is 1.59. The first-order chi connectivity index (χ1) is 8.33. The van der Waals surface area contributed by atoms with E-state index < -0.39 is 0 Å². The number of aromatic nitrogens is 4. The van der Waals surface area contributed by atoms with Gasteiger partial charge in [0.1, 0.15) is 5.69 Å². The molecule has 0 saturated heterocycles. The molecule has 3 rings (SSSR count). The minimum absolute atomic E-state index is 0.435. The van der Waals surface area contributed by atoms with Gasteiger partial charge in [-0.1, -0.05) is 18.2 Å². The third kappa shape index (κ3) is 1.82. The van der Waals surface area contributed by atoms with Crippen LogP contribution in [0.3, 0.4) is 0 Å². The lowest BCUT2D eigenvalue weighted by Gasteiger charge is -1.91. The van der Waals surface area contributed by atoms with Gasteiger partial charge in [0.05, 0.1) is 0 Å². The minimum Gasteiger partial charge on any atom is -0.415 e. The predicted molar refractivity (Wildman–Crippen MR) is 61.9 cm³/mol. The van der Waals surface area contributed by atoms with Gasteiger partial charge >= 0.3 is 0 Å². The molecule has 0 unspecified atom stereocenters. The van der Waals surface area contributed by atoms with E-state index in [-0.39, 0.29) is 0 Å². The van der Waals surface area contributed by atoms with Crippen LogP contribution in [-0.4, -0.2) is 20.0 Å². The van der Waals surface area contributed by atoms with Crippen LogP contribution in [0.4, 0.5) is 0 Å². The minimum atomic E-state index is 0.435. The first kappa shape index (κ1) is 9.77. The Morgan fingerprint density at radius 3 is 2.47 bits per heavy atom. The van der Waals surface area contributed by atoms with Gasteiger partial charge in [0.2, 0.25) is 5.89 Å². The van der Waals surface area contributed by atoms with Crippen LogP contribution in [0, 0.1) is 0 Å². The number of benzene rings is 1. The van der Waals surface area contributed by atoms with E-state index in [9.17, 15) is 0 Å². The van der Waals surface area contributed by atoms with Crippen LogP contribution < -0.4 is 0 Å². The standard InChI is InChI=1S/C12H10N4O/c1-16-8-7-10(15-16)12-14-13-11(17-12)9-5-3-2-4-6-9/h2-8H,1H3. The van der Waals surface area contributed by atoms with Gasteiger partial charge < -0.3 is 4.42 Å². The van der Waals surface area contributed by atoms with Crippen LogP contribution >= 0.6 is 0 Å². The lowest BCUT2D eigenvalue weighted by atomic mass is 10.2. The third-order valence-electron chi connectivity index (χ3n) is 2.38. The average Bonchev–Trinajstić information content (AvgIpc) is 2.98. The van der Waals surface area contributed by atoms with Gasteiger partial charge in [0.15, 0.2) is 0 Å². The van der Waals surface area contributed by atoms with Crippen molar-refractivity contribution in [3.8, 4) is 23.0 Å². The van der Waals surface area contributed by atoms with E-state index in [1.807, 2.05) is 49.6 Å². The Kier molecular flexibility index (Phi) is 2.22. The van der Waals surface area contributed by atoms with E-state index in [2.05, 4.69) is 15.3 Å². The van der Waals surface area contributed by atoms with Crippen molar-refractivity contribution in [1.82, 2.24) is 20.0 Å². The number of aryl methyl sites for hydroxylation is 1. The van der Waals surface area contributed by atoms with Crippen LogP contribution in [0.25, 0.3) is 23.0 Å². The fourth-order valence-electron chi connectivity index (χ4n) is 1.55. The van der Waals surface area contributed by atoms with Gasteiger partial charge in [-0.2, -0.15) is 5.10 Å². The van der Waals surface area contributed by atoms with Crippen LogP contribution in [0.5, 0.6) is 0 Å². The number of rotatable bonds is 2. The van der Waals surface area contributed by atoms with Gasteiger partial charge in [-0.05, 0) is 18.2 Å². The summed E-state index contributed by atoms with van der Waals surface area (Å²) < 4.78 is 7.27. The third-order valence-corrected chi connectivity index (χ3v) is 2.38. The Balaban J connectivity index is 1.99. The van der Waals surface area contributed by atoms with Gasteiger partial charge in [0, 0.05) is 18.8 Å². The molecule has 0 N–H and O–H groups in total. The summed E-state index contributed by atoms with van der Waals surface area (Å²) in [5.74, 6) is 0.940. The molecule has 1 aromatic carbocycles. The Labute approximate surface area is 97.7 Å². The molecule has 5 heteroatoms. The number of hydrogen-bond acceptors (Lipinski definition) is 4. The molecule has 84 valence electrons. The monoisotopic (exact) mass is 226 g/mol. The molecule has 0 aliphatic heterocycles. The molecule has 0 atom stereocenters. The maximum absolute atomic E-state index is 5.57. The predicted octanol–water partition coefficient (Wildman–Crippen LogP) is 2.14. The Hall–Kier alpha value is -2.43. The highest BCUT2D eigenvalue weighted by atomic mass is 16.4. The summed E-state index contributed by atoms with van der Waals surface area (Å²) in [6.07, 6.45) is 1.84. The Morgan fingerprint density at radius 1 is 1.00 bits per heavy atom. The zero-order valence-corrected chi connectivity index (χ0v) is 9.24. The smallest absolute Gasteiger partial charge is 0.268 e. The summed E-state index contributed by atoms with van der Waals surface area (Å²) in [6, 6.07) is 11.5. The number of hydrogen-bond donors (Lipinski definition) is 0. The normalized spacial score (nSPS) is 10.6. The largest absolute Gasteiger partial charge is 0.415 e. The molecule has 0 saturated carbocycles. The summed E-state index contributed by atoms with van der Waals surface area (Å²) in [7, 11) is 1.85. The van der Waals surface area contributed by atoms with Crippen molar-refractivity contribution in [2.75, 3.05) is 0 Å². The highest BCUT2D eigenvalue weighted by Crippen LogP contribution is 2.21. The molecule has 0 aliphatic carbocycles. The van der Waals surface area contributed by atoms with Crippen molar-refractivity contribution >= 4 is 0 Å². The summed E-state index contributed by atoms with van der Waals surface area (Å²) in [5, 5.41) is 12.2. The molecule has 0 radical (unpaired) electrons. The maximum atomic E-state index is 5.57. The van der Waals surface area contributed by atoms with E-state index in [0.717, 1.165) is 5.56 Å². The molecule has 3 aromatic rings. The topological polar surface area (TPSA) is 56.7 Å². The zero-order valence-electron chi connectivity index (χ0n) is 9.24. The summed E-state index contributed by atoms with van der Waals surface area (Å²) in [4.78, 5) is 0. The Bertz CT molecular complexity index is 627. The summed E-state index contributed by atoms with van der Waals surface area (Å²) >= 11 is 0. The lowest BCUT2D eigenvalue weighted by Crippen LogP contribution is -1.87. The molecular formula is C12H10N4O. The van der Waals surface area contributed by atoms with Crippen LogP contribution in [0.1, 0.15) is 0 Å². The highest BCUT2D eigenvalue weighted by Gasteiger charge is 2.11. The second kappa shape index (κ2) is 3.86. The molecule has 5 nitrogen and oxygen atoms in total. The van der Waals surface area contributed by atoms with Crippen molar-refractivity contribution in [3.63, 3.8) is 0 Å². The fraction of sp³-hybridized carbons (Fsp3) is 0.0833. The quantitative estimate of drug-likeness (QED) is 0.671. The zero-order chi connectivity index (χ0) is 11.7. The molecule has 0 aliphatic rings. The van der Waals surface area contributed by atoms with Crippen molar-refractivity contribution in [2.24, 2.45) is 7.05 Å². The van der Waals surface area contributed by atoms with E-state index in [1.165, 1.54) is 0 Å². The molecule has 2 aromatic heterocycles. The SMILES string of the molecule is Cn1ccc(-c2nnc(-c3ccccc3)o2)n1. The average molecular weight is 226 g/mol. The highest BCUT2D eigenvalue weighted by molar-refractivity contribution is 5.55. The van der Waals surface area contributed by atoms with Crippen molar-refractivity contribution in [3.05, 3.63) is 42.6 Å². The van der Waals surface area contributed by atoms with E-state index in [4.69, 9.17) is 4.42 Å². The van der Waals surface area contributed by atoms with E-state index in [0.29, 0.717) is 17.5 Å². The molecule has 0 bridgehead atoms. The Morgan fingerprint density at radius 2 is 1.76 bits per heavy atom. The lowest BCUT2D eigenvalue weighted by molar-refractivity contribution is 0.580. The van der Waals surface area contributed by atoms with Gasteiger partial charge in [0.25, 0.3) is 5.89 Å². The van der Waals surface area contributed by atoms with E-state index >= 15 is 0 Å². The van der Waals surface area contributed by atoms with E-state index in [1.54, 1.807) is 4.68 Å². The first-order valence-corrected chi connectivity index (χ1v) is 5.22. The molecule has 0 spiro atoms. The van der Waals surface area contributed by atoms with Crippen molar-refractivity contribution in [2.45, 2.75) is 0 Å². The van der Waals surface area contributed by atoms with Crippen LogP contribution in [0.15, 0.2) is 47.0 Å². The molecular weight excluding hydrogens is 216 g/mol. The van der Waals surface area contributed by atoms with Crippen LogP contribution in [-0.2, 0) is 7.05 Å². The molecule has 17 heavy (non-hydrogen) atoms. The summed E-state index contributed by atoms with van der Waals surface area (Å²) in [6.45, 7) is 0. The fourth-order valence-corrected chi connectivity index (χ4v) is 1.55. The molecule has 0 amide bonds. The van der Waals surface area contributed by atoms with Crippen molar-refractivity contribution < 1.29 is 4.42 Å². The van der Waals surface area contributed by atoms with Crippen molar-refractivity contribution in [1.29, 1.82) is 0 Å². The maximum Gasteiger partial charge on any atom is 0.268 e. The van der Waals surface area contributed by atoms with Gasteiger partial charge in [-0.25, -0.2) is 0 Å². The second-order valence-corrected chi connectivity index (χ2v) is 3.65. The molecule has 0 fully saturated rings.